The number of hydrogen-bond donors (Lipinski definition) is 2. The highest BCUT2D eigenvalue weighted by atomic mass is 16.2. The van der Waals surface area contributed by atoms with Gasteiger partial charge in [0.15, 0.2) is 5.65 Å². The van der Waals surface area contributed by atoms with Crippen LogP contribution in [0.25, 0.3) is 5.65 Å². The molecule has 2 aromatic heterocycles. The van der Waals surface area contributed by atoms with Crippen molar-refractivity contribution >= 4 is 5.65 Å². The van der Waals surface area contributed by atoms with Crippen LogP contribution in [0.4, 0.5) is 0 Å². The zero-order chi connectivity index (χ0) is 14.5. The van der Waals surface area contributed by atoms with Gasteiger partial charge in [-0.3, -0.25) is 0 Å². The van der Waals surface area contributed by atoms with E-state index in [1.807, 2.05) is 23.7 Å². The summed E-state index contributed by atoms with van der Waals surface area (Å²) >= 11 is 0. The average molecular weight is 276 g/mol. The maximum atomic E-state index is 8.75. The molecule has 0 radical (unpaired) electrons. The Kier molecular flexibility index (Phi) is 5.09. The van der Waals surface area contributed by atoms with Crippen LogP contribution in [0.5, 0.6) is 0 Å². The molecule has 2 heterocycles. The van der Waals surface area contributed by atoms with Gasteiger partial charge in [0.1, 0.15) is 0 Å². The molecule has 2 N–H and O–H groups in total. The monoisotopic (exact) mass is 276 g/mol. The second-order valence-corrected chi connectivity index (χ2v) is 5.31. The van der Waals surface area contributed by atoms with Crippen molar-refractivity contribution in [1.29, 1.82) is 0 Å². The third kappa shape index (κ3) is 3.35. The minimum absolute atomic E-state index is 0.255. The van der Waals surface area contributed by atoms with E-state index < -0.39 is 0 Å². The van der Waals surface area contributed by atoms with Crippen LogP contribution in [-0.4, -0.2) is 32.9 Å². The van der Waals surface area contributed by atoms with Gasteiger partial charge in [-0.15, -0.1) is 0 Å². The molecule has 2 rings (SSSR count). The van der Waals surface area contributed by atoms with Crippen molar-refractivity contribution in [3.8, 4) is 0 Å². The van der Waals surface area contributed by atoms with Crippen LogP contribution < -0.4 is 5.32 Å². The first-order chi connectivity index (χ1) is 9.63. The number of aryl methyl sites for hydroxylation is 2. The molecular weight excluding hydrogens is 252 g/mol. The molecule has 0 fully saturated rings. The predicted molar refractivity (Wildman–Crippen MR) is 79.8 cm³/mol. The van der Waals surface area contributed by atoms with E-state index in [9.17, 15) is 0 Å². The lowest BCUT2D eigenvalue weighted by Gasteiger charge is -2.16. The summed E-state index contributed by atoms with van der Waals surface area (Å²) in [5.41, 5.74) is 4.21. The fourth-order valence-electron chi connectivity index (χ4n) is 2.44. The molecule has 0 aromatic carbocycles. The van der Waals surface area contributed by atoms with Crippen LogP contribution in [0.15, 0.2) is 12.3 Å². The Morgan fingerprint density at radius 2 is 2.10 bits per heavy atom. The zero-order valence-corrected chi connectivity index (χ0v) is 12.6. The first-order valence-corrected chi connectivity index (χ1v) is 7.29. The predicted octanol–water partition coefficient (Wildman–Crippen LogP) is 2.16. The lowest BCUT2D eigenvalue weighted by atomic mass is 10.1. The molecule has 0 amide bonds. The van der Waals surface area contributed by atoms with Crippen molar-refractivity contribution in [3.63, 3.8) is 0 Å². The molecule has 0 bridgehead atoms. The van der Waals surface area contributed by atoms with Crippen LogP contribution in [0, 0.1) is 13.8 Å². The fourth-order valence-corrected chi connectivity index (χ4v) is 2.44. The van der Waals surface area contributed by atoms with Gasteiger partial charge in [0.25, 0.3) is 0 Å². The first-order valence-electron chi connectivity index (χ1n) is 7.29. The summed E-state index contributed by atoms with van der Waals surface area (Å²) in [5.74, 6) is 0. The first kappa shape index (κ1) is 14.9. The van der Waals surface area contributed by atoms with Crippen molar-refractivity contribution in [2.75, 3.05) is 13.2 Å². The Hall–Kier alpha value is -1.46. The molecule has 0 aliphatic rings. The molecule has 1 atom stereocenters. The SMILES string of the molecule is Cc1cc2ncc(C(C)NCCCCCO)c(C)n2n1. The normalized spacial score (nSPS) is 13.0. The fraction of sp³-hybridized carbons (Fsp3) is 0.600. The molecular formula is C15H24N4O. The van der Waals surface area contributed by atoms with Crippen LogP contribution in [-0.2, 0) is 0 Å². The van der Waals surface area contributed by atoms with E-state index >= 15 is 0 Å². The molecule has 0 aliphatic heterocycles. The summed E-state index contributed by atoms with van der Waals surface area (Å²) in [5, 5.41) is 16.7. The van der Waals surface area contributed by atoms with E-state index in [-0.39, 0.29) is 12.6 Å². The van der Waals surface area contributed by atoms with Gasteiger partial charge in [0, 0.05) is 36.2 Å². The number of unbranched alkanes of at least 4 members (excludes halogenated alkanes) is 2. The summed E-state index contributed by atoms with van der Waals surface area (Å²) in [6.07, 6.45) is 4.97. The molecule has 110 valence electrons. The number of aliphatic hydroxyl groups excluding tert-OH is 1. The van der Waals surface area contributed by atoms with E-state index in [4.69, 9.17) is 5.11 Å². The highest BCUT2D eigenvalue weighted by Crippen LogP contribution is 2.18. The van der Waals surface area contributed by atoms with Crippen LogP contribution in [0.1, 0.15) is 49.2 Å². The van der Waals surface area contributed by atoms with Gasteiger partial charge < -0.3 is 10.4 Å². The topological polar surface area (TPSA) is 62.5 Å². The van der Waals surface area contributed by atoms with Gasteiger partial charge >= 0.3 is 0 Å². The standard InChI is InChI=1S/C15H24N4O/c1-11-9-15-17-10-14(13(3)19(15)18-11)12(2)16-7-5-4-6-8-20/h9-10,12,16,20H,4-8H2,1-3H3. The smallest absolute Gasteiger partial charge is 0.155 e. The maximum Gasteiger partial charge on any atom is 0.155 e. The third-order valence-corrected chi connectivity index (χ3v) is 3.64. The molecule has 5 nitrogen and oxygen atoms in total. The largest absolute Gasteiger partial charge is 0.396 e. The highest BCUT2D eigenvalue weighted by Gasteiger charge is 2.12. The number of aliphatic hydroxyl groups is 1. The molecule has 5 heteroatoms. The van der Waals surface area contributed by atoms with Crippen LogP contribution in [0.3, 0.4) is 0 Å². The minimum Gasteiger partial charge on any atom is -0.396 e. The Balaban J connectivity index is 2.02. The number of nitrogens with zero attached hydrogens (tertiary/aromatic N) is 3. The second-order valence-electron chi connectivity index (χ2n) is 5.31. The van der Waals surface area contributed by atoms with E-state index in [1.54, 1.807) is 0 Å². The lowest BCUT2D eigenvalue weighted by molar-refractivity contribution is 0.282. The molecule has 1 unspecified atom stereocenters. The van der Waals surface area contributed by atoms with Gasteiger partial charge in [-0.25, -0.2) is 9.50 Å². The summed E-state index contributed by atoms with van der Waals surface area (Å²) < 4.78 is 1.91. The minimum atomic E-state index is 0.255. The second kappa shape index (κ2) is 6.81. The quantitative estimate of drug-likeness (QED) is 0.761. The van der Waals surface area contributed by atoms with Gasteiger partial charge in [-0.1, -0.05) is 0 Å². The lowest BCUT2D eigenvalue weighted by Crippen LogP contribution is -2.21. The van der Waals surface area contributed by atoms with Crippen molar-refractivity contribution in [2.24, 2.45) is 0 Å². The number of hydrogen-bond acceptors (Lipinski definition) is 4. The maximum absolute atomic E-state index is 8.75. The van der Waals surface area contributed by atoms with Gasteiger partial charge in [0.05, 0.1) is 5.69 Å². The summed E-state index contributed by atoms with van der Waals surface area (Å²) in [6.45, 7) is 7.46. The Labute approximate surface area is 120 Å². The van der Waals surface area contributed by atoms with Gasteiger partial charge in [-0.05, 0) is 46.6 Å². The molecule has 0 saturated carbocycles. The van der Waals surface area contributed by atoms with Crippen molar-refractivity contribution in [3.05, 3.63) is 29.2 Å². The molecule has 0 saturated heterocycles. The Morgan fingerprint density at radius 1 is 1.30 bits per heavy atom. The number of nitrogens with one attached hydrogen (secondary N) is 1. The van der Waals surface area contributed by atoms with E-state index in [0.29, 0.717) is 0 Å². The highest BCUT2D eigenvalue weighted by molar-refractivity contribution is 5.42. The summed E-state index contributed by atoms with van der Waals surface area (Å²) in [6, 6.07) is 2.24. The van der Waals surface area contributed by atoms with E-state index in [1.165, 1.54) is 5.56 Å². The molecule has 20 heavy (non-hydrogen) atoms. The number of fused-ring (bicyclic) bond motifs is 1. The Bertz CT molecular complexity index is 564. The van der Waals surface area contributed by atoms with E-state index in [0.717, 1.165) is 42.8 Å². The van der Waals surface area contributed by atoms with Gasteiger partial charge in [-0.2, -0.15) is 5.10 Å². The average Bonchev–Trinajstić information content (AvgIpc) is 2.80. The molecule has 0 aliphatic carbocycles. The third-order valence-electron chi connectivity index (χ3n) is 3.64. The number of rotatable bonds is 7. The van der Waals surface area contributed by atoms with Crippen molar-refractivity contribution in [1.82, 2.24) is 19.9 Å². The summed E-state index contributed by atoms with van der Waals surface area (Å²) in [7, 11) is 0. The molecule has 0 spiro atoms. The van der Waals surface area contributed by atoms with Gasteiger partial charge in [0.2, 0.25) is 0 Å². The van der Waals surface area contributed by atoms with Crippen LogP contribution >= 0.6 is 0 Å². The Morgan fingerprint density at radius 3 is 2.85 bits per heavy atom. The van der Waals surface area contributed by atoms with Crippen LogP contribution in [0.2, 0.25) is 0 Å². The molecule has 2 aromatic rings. The van der Waals surface area contributed by atoms with Crippen molar-refractivity contribution < 1.29 is 5.11 Å². The number of aromatic nitrogens is 3. The zero-order valence-electron chi connectivity index (χ0n) is 12.6. The van der Waals surface area contributed by atoms with E-state index in [2.05, 4.69) is 29.2 Å². The summed E-state index contributed by atoms with van der Waals surface area (Å²) in [4.78, 5) is 4.47. The van der Waals surface area contributed by atoms with Crippen molar-refractivity contribution in [2.45, 2.75) is 46.1 Å².